The lowest BCUT2D eigenvalue weighted by molar-refractivity contribution is -0.384. The molecule has 0 saturated carbocycles. The molecule has 1 aromatic heterocycles. The lowest BCUT2D eigenvalue weighted by Crippen LogP contribution is -2.54. The summed E-state index contributed by atoms with van der Waals surface area (Å²) in [5, 5.41) is 13.5. The smallest absolute Gasteiger partial charge is 0.335 e. The highest BCUT2D eigenvalue weighted by Crippen LogP contribution is 2.32. The van der Waals surface area contributed by atoms with Gasteiger partial charge in [0.15, 0.2) is 0 Å². The molecule has 9 nitrogen and oxygen atoms in total. The van der Waals surface area contributed by atoms with E-state index in [9.17, 15) is 24.5 Å². The van der Waals surface area contributed by atoms with Gasteiger partial charge in [0.05, 0.1) is 10.6 Å². The van der Waals surface area contributed by atoms with Gasteiger partial charge in [-0.1, -0.05) is 29.3 Å². The van der Waals surface area contributed by atoms with Crippen molar-refractivity contribution in [1.29, 1.82) is 0 Å². The predicted octanol–water partition coefficient (Wildman–Crippen LogP) is 4.83. The first kappa shape index (κ1) is 21.3. The van der Waals surface area contributed by atoms with Crippen molar-refractivity contribution in [2.75, 3.05) is 4.90 Å². The lowest BCUT2D eigenvalue weighted by Gasteiger charge is -2.26. The van der Waals surface area contributed by atoms with Crippen molar-refractivity contribution in [2.45, 2.75) is 0 Å². The van der Waals surface area contributed by atoms with E-state index in [1.807, 2.05) is 0 Å². The molecule has 0 unspecified atom stereocenters. The Morgan fingerprint density at radius 2 is 1.81 bits per heavy atom. The van der Waals surface area contributed by atoms with E-state index in [1.165, 1.54) is 48.5 Å². The summed E-state index contributed by atoms with van der Waals surface area (Å²) >= 11 is 11.8. The second kappa shape index (κ2) is 8.29. The van der Waals surface area contributed by atoms with E-state index in [2.05, 4.69) is 5.32 Å². The molecule has 11 heteroatoms. The van der Waals surface area contributed by atoms with Crippen LogP contribution in [0.25, 0.3) is 17.4 Å². The number of urea groups is 1. The lowest BCUT2D eigenvalue weighted by atomic mass is 10.1. The van der Waals surface area contributed by atoms with Gasteiger partial charge in [-0.15, -0.1) is 0 Å². The monoisotopic (exact) mass is 471 g/mol. The zero-order valence-corrected chi connectivity index (χ0v) is 17.4. The van der Waals surface area contributed by atoms with Gasteiger partial charge in [0.25, 0.3) is 17.5 Å². The molecule has 1 N–H and O–H groups in total. The van der Waals surface area contributed by atoms with Gasteiger partial charge in [0, 0.05) is 16.7 Å². The number of barbiturate groups is 1. The summed E-state index contributed by atoms with van der Waals surface area (Å²) in [6, 6.07) is 12.3. The summed E-state index contributed by atoms with van der Waals surface area (Å²) in [5.74, 6) is -1.38. The summed E-state index contributed by atoms with van der Waals surface area (Å²) in [4.78, 5) is 48.7. The first-order valence-corrected chi connectivity index (χ1v) is 9.71. The highest BCUT2D eigenvalue weighted by molar-refractivity contribution is 6.39. The van der Waals surface area contributed by atoms with E-state index in [0.717, 1.165) is 4.90 Å². The first-order valence-electron chi connectivity index (χ1n) is 8.96. The standard InChI is InChI=1S/C21H11Cl2N3O6/c22-12-2-1-3-13(9-12)25-20(28)15(19(27)24-21(25)29)10-14-5-7-18(32-14)11-4-6-16(23)17(8-11)26(30)31/h1-10H,(H,24,27,29)/b15-10+. The van der Waals surface area contributed by atoms with Gasteiger partial charge in [-0.3, -0.25) is 25.0 Å². The van der Waals surface area contributed by atoms with Gasteiger partial charge in [-0.05, 0) is 48.5 Å². The maximum absolute atomic E-state index is 12.9. The fraction of sp³-hybridized carbons (Fsp3) is 0. The number of imide groups is 2. The minimum Gasteiger partial charge on any atom is -0.457 e. The SMILES string of the molecule is O=C1NC(=O)N(c2cccc(Cl)c2)C(=O)/C1=C/c1ccc(-c2ccc(Cl)c([N+](=O)[O-])c2)o1. The third-order valence-corrected chi connectivity index (χ3v) is 5.06. The number of halogens is 2. The van der Waals surface area contributed by atoms with Crippen molar-refractivity contribution in [3.8, 4) is 11.3 Å². The molecule has 160 valence electrons. The summed E-state index contributed by atoms with van der Waals surface area (Å²) in [6.45, 7) is 0. The Kier molecular flexibility index (Phi) is 5.52. The van der Waals surface area contributed by atoms with Crippen LogP contribution in [0.2, 0.25) is 10.0 Å². The van der Waals surface area contributed by atoms with Crippen LogP contribution in [0.3, 0.4) is 0 Å². The third-order valence-electron chi connectivity index (χ3n) is 4.51. The number of nitrogens with zero attached hydrogens (tertiary/aromatic N) is 2. The molecule has 0 spiro atoms. The Labute approximate surface area is 190 Å². The van der Waals surface area contributed by atoms with E-state index < -0.39 is 22.8 Å². The van der Waals surface area contributed by atoms with Gasteiger partial charge >= 0.3 is 6.03 Å². The highest BCUT2D eigenvalue weighted by Gasteiger charge is 2.37. The molecule has 2 heterocycles. The number of nitrogens with one attached hydrogen (secondary N) is 1. The molecule has 0 bridgehead atoms. The summed E-state index contributed by atoms with van der Waals surface area (Å²) in [6.07, 6.45) is 1.18. The molecular formula is C21H11Cl2N3O6. The van der Waals surface area contributed by atoms with Crippen LogP contribution in [-0.2, 0) is 9.59 Å². The average molecular weight is 472 g/mol. The van der Waals surface area contributed by atoms with Gasteiger partial charge in [-0.2, -0.15) is 0 Å². The number of benzene rings is 2. The Balaban J connectivity index is 1.68. The first-order chi connectivity index (χ1) is 15.2. The van der Waals surface area contributed by atoms with Crippen LogP contribution in [-0.4, -0.2) is 22.8 Å². The number of nitro groups is 1. The Morgan fingerprint density at radius 1 is 1.03 bits per heavy atom. The number of nitro benzene ring substituents is 1. The van der Waals surface area contributed by atoms with Crippen LogP contribution < -0.4 is 10.2 Å². The minimum atomic E-state index is -0.909. The van der Waals surface area contributed by atoms with Gasteiger partial charge in [-0.25, -0.2) is 9.69 Å². The molecule has 0 radical (unpaired) electrons. The fourth-order valence-electron chi connectivity index (χ4n) is 3.04. The zero-order chi connectivity index (χ0) is 23.0. The number of rotatable bonds is 4. The maximum Gasteiger partial charge on any atom is 0.335 e. The number of furan rings is 1. The van der Waals surface area contributed by atoms with Crippen molar-refractivity contribution >= 4 is 58.5 Å². The highest BCUT2D eigenvalue weighted by atomic mass is 35.5. The molecule has 1 aliphatic rings. The third kappa shape index (κ3) is 3.98. The van der Waals surface area contributed by atoms with E-state index in [4.69, 9.17) is 27.6 Å². The molecule has 32 heavy (non-hydrogen) atoms. The van der Waals surface area contributed by atoms with Crippen molar-refractivity contribution in [3.63, 3.8) is 0 Å². The van der Waals surface area contributed by atoms with Crippen molar-refractivity contribution in [3.05, 3.63) is 86.1 Å². The van der Waals surface area contributed by atoms with E-state index in [1.54, 1.807) is 12.1 Å². The fourth-order valence-corrected chi connectivity index (χ4v) is 3.41. The van der Waals surface area contributed by atoms with Gasteiger partial charge in [0.1, 0.15) is 22.1 Å². The molecule has 3 aromatic rings. The molecule has 0 aliphatic carbocycles. The minimum absolute atomic E-state index is 0.0251. The Morgan fingerprint density at radius 3 is 2.53 bits per heavy atom. The van der Waals surface area contributed by atoms with Crippen molar-refractivity contribution in [1.82, 2.24) is 5.32 Å². The second-order valence-electron chi connectivity index (χ2n) is 6.56. The summed E-state index contributed by atoms with van der Waals surface area (Å²) < 4.78 is 5.63. The Hall–Kier alpha value is -3.95. The normalized spacial score (nSPS) is 15.2. The molecule has 1 fully saturated rings. The number of amides is 4. The summed E-state index contributed by atoms with van der Waals surface area (Å²) in [7, 11) is 0. The summed E-state index contributed by atoms with van der Waals surface area (Å²) in [5.41, 5.74) is -0.0709. The van der Waals surface area contributed by atoms with Crippen LogP contribution >= 0.6 is 23.2 Å². The predicted molar refractivity (Wildman–Crippen MR) is 116 cm³/mol. The van der Waals surface area contributed by atoms with Gasteiger partial charge < -0.3 is 4.42 Å². The molecule has 4 amide bonds. The van der Waals surface area contributed by atoms with Crippen LogP contribution in [0, 0.1) is 10.1 Å². The molecule has 2 aromatic carbocycles. The van der Waals surface area contributed by atoms with E-state index in [-0.39, 0.29) is 33.5 Å². The number of carbonyl (C=O) groups is 3. The largest absolute Gasteiger partial charge is 0.457 e. The van der Waals surface area contributed by atoms with Gasteiger partial charge in [0.2, 0.25) is 0 Å². The maximum atomic E-state index is 12.9. The Bertz CT molecular complexity index is 1330. The van der Waals surface area contributed by atoms with Crippen LogP contribution in [0.4, 0.5) is 16.2 Å². The van der Waals surface area contributed by atoms with E-state index in [0.29, 0.717) is 10.6 Å². The number of anilines is 1. The molecule has 0 atom stereocenters. The molecular weight excluding hydrogens is 461 g/mol. The second-order valence-corrected chi connectivity index (χ2v) is 7.41. The molecule has 4 rings (SSSR count). The van der Waals surface area contributed by atoms with Crippen LogP contribution in [0.5, 0.6) is 0 Å². The topological polar surface area (TPSA) is 123 Å². The van der Waals surface area contributed by atoms with Crippen molar-refractivity contribution < 1.29 is 23.7 Å². The average Bonchev–Trinajstić information content (AvgIpc) is 3.20. The quantitative estimate of drug-likeness (QED) is 0.251. The van der Waals surface area contributed by atoms with Crippen molar-refractivity contribution in [2.24, 2.45) is 0 Å². The van der Waals surface area contributed by atoms with E-state index >= 15 is 0 Å². The van der Waals surface area contributed by atoms with Crippen LogP contribution in [0.15, 0.2) is 64.6 Å². The zero-order valence-electron chi connectivity index (χ0n) is 15.9. The molecule has 1 saturated heterocycles. The van der Waals surface area contributed by atoms with Crippen LogP contribution in [0.1, 0.15) is 5.76 Å². The number of hydrogen-bond acceptors (Lipinski definition) is 6. The molecule has 1 aliphatic heterocycles. The number of hydrogen-bond donors (Lipinski definition) is 1. The number of carbonyl (C=O) groups excluding carboxylic acids is 3.